The van der Waals surface area contributed by atoms with Gasteiger partial charge in [-0.15, -0.1) is 29.3 Å². The van der Waals surface area contributed by atoms with Gasteiger partial charge >= 0.3 is 0 Å². The smallest absolute Gasteiger partial charge is 0.0868 e. The van der Waals surface area contributed by atoms with Gasteiger partial charge in [-0.3, -0.25) is 0 Å². The second-order valence-electron chi connectivity index (χ2n) is 4.77. The maximum absolute atomic E-state index is 10.1. The summed E-state index contributed by atoms with van der Waals surface area (Å²) in [5, 5.41) is 16.9. The molecule has 0 saturated heterocycles. The van der Waals surface area contributed by atoms with Crippen LogP contribution < -0.4 is 5.32 Å². The number of fused-ring (bicyclic) bond motifs is 1. The van der Waals surface area contributed by atoms with Crippen molar-refractivity contribution in [2.75, 3.05) is 6.54 Å². The molecular formula is C15H21NOS2. The quantitative estimate of drug-likeness (QED) is 0.721. The highest BCUT2D eigenvalue weighted by Gasteiger charge is 2.15. The summed E-state index contributed by atoms with van der Waals surface area (Å²) in [6, 6.07) is 4.39. The van der Waals surface area contributed by atoms with Gasteiger partial charge in [0.25, 0.3) is 0 Å². The molecule has 2 unspecified atom stereocenters. The minimum Gasteiger partial charge on any atom is -0.392 e. The van der Waals surface area contributed by atoms with Crippen LogP contribution in [0.25, 0.3) is 9.40 Å². The first kappa shape index (κ1) is 14.7. The fourth-order valence-corrected chi connectivity index (χ4v) is 4.35. The summed E-state index contributed by atoms with van der Waals surface area (Å²) in [6.07, 6.45) is 3.48. The van der Waals surface area contributed by atoms with Gasteiger partial charge in [0.15, 0.2) is 0 Å². The van der Waals surface area contributed by atoms with Crippen LogP contribution in [0, 0.1) is 5.92 Å². The molecule has 19 heavy (non-hydrogen) atoms. The predicted molar refractivity (Wildman–Crippen MR) is 86.0 cm³/mol. The van der Waals surface area contributed by atoms with E-state index in [1.807, 2.05) is 17.4 Å². The van der Waals surface area contributed by atoms with E-state index in [1.54, 1.807) is 11.3 Å². The second kappa shape index (κ2) is 7.20. The fraction of sp³-hybridized carbons (Fsp3) is 0.467. The molecule has 2 aromatic heterocycles. The van der Waals surface area contributed by atoms with Crippen LogP contribution in [0.2, 0.25) is 0 Å². The highest BCUT2D eigenvalue weighted by atomic mass is 32.2. The van der Waals surface area contributed by atoms with Gasteiger partial charge in [-0.1, -0.05) is 19.4 Å². The highest BCUT2D eigenvalue weighted by Crippen LogP contribution is 2.30. The molecule has 2 N–H and O–H groups in total. The van der Waals surface area contributed by atoms with Crippen molar-refractivity contribution in [3.05, 3.63) is 35.0 Å². The van der Waals surface area contributed by atoms with E-state index in [4.69, 9.17) is 0 Å². The van der Waals surface area contributed by atoms with Crippen LogP contribution in [0.3, 0.4) is 0 Å². The Morgan fingerprint density at radius 3 is 3.05 bits per heavy atom. The average molecular weight is 295 g/mol. The van der Waals surface area contributed by atoms with Crippen molar-refractivity contribution in [1.29, 1.82) is 0 Å². The molecule has 0 aromatic carbocycles. The maximum Gasteiger partial charge on any atom is 0.0868 e. The molecule has 0 bridgehead atoms. The largest absolute Gasteiger partial charge is 0.392 e. The van der Waals surface area contributed by atoms with Crippen LogP contribution in [-0.2, 0) is 6.54 Å². The normalized spacial score (nSPS) is 14.6. The van der Waals surface area contributed by atoms with Crippen LogP contribution in [0.5, 0.6) is 0 Å². The zero-order chi connectivity index (χ0) is 13.7. The number of hydrogen-bond acceptors (Lipinski definition) is 4. The first-order valence-corrected chi connectivity index (χ1v) is 8.39. The van der Waals surface area contributed by atoms with E-state index < -0.39 is 0 Å². The molecule has 2 heterocycles. The van der Waals surface area contributed by atoms with E-state index in [2.05, 4.69) is 36.3 Å². The van der Waals surface area contributed by atoms with Gasteiger partial charge in [-0.05, 0) is 29.9 Å². The molecule has 0 fully saturated rings. The molecule has 4 heteroatoms. The van der Waals surface area contributed by atoms with Gasteiger partial charge in [-0.2, -0.15) is 0 Å². The van der Waals surface area contributed by atoms with Gasteiger partial charge in [0.2, 0.25) is 0 Å². The van der Waals surface area contributed by atoms with Gasteiger partial charge in [0.05, 0.1) is 10.1 Å². The van der Waals surface area contributed by atoms with Gasteiger partial charge in [-0.25, -0.2) is 0 Å². The van der Waals surface area contributed by atoms with Crippen molar-refractivity contribution in [3.8, 4) is 0 Å². The van der Waals surface area contributed by atoms with Crippen molar-refractivity contribution in [1.82, 2.24) is 5.32 Å². The van der Waals surface area contributed by atoms with Gasteiger partial charge < -0.3 is 10.4 Å². The van der Waals surface area contributed by atoms with E-state index in [0.717, 1.165) is 19.4 Å². The fourth-order valence-electron chi connectivity index (χ4n) is 2.22. The lowest BCUT2D eigenvalue weighted by molar-refractivity contribution is 0.105. The zero-order valence-electron chi connectivity index (χ0n) is 11.3. The molecule has 0 aliphatic heterocycles. The third-order valence-corrected chi connectivity index (χ3v) is 5.60. The van der Waals surface area contributed by atoms with E-state index in [0.29, 0.717) is 12.5 Å². The predicted octanol–water partition coefficient (Wildman–Crippen LogP) is 4.02. The Morgan fingerprint density at radius 1 is 1.53 bits per heavy atom. The van der Waals surface area contributed by atoms with Crippen LogP contribution in [0.4, 0.5) is 0 Å². The molecule has 104 valence electrons. The Kier molecular flexibility index (Phi) is 5.58. The Bertz CT molecular complexity index is 488. The lowest BCUT2D eigenvalue weighted by atomic mass is 9.96. The molecular weight excluding hydrogens is 274 g/mol. The Morgan fingerprint density at radius 2 is 2.37 bits per heavy atom. The average Bonchev–Trinajstić information content (AvgIpc) is 2.96. The monoisotopic (exact) mass is 295 g/mol. The lowest BCUT2D eigenvalue weighted by Gasteiger charge is -2.20. The molecule has 0 aliphatic rings. The van der Waals surface area contributed by atoms with E-state index in [9.17, 15) is 5.11 Å². The number of aliphatic hydroxyl groups excluding tert-OH is 1. The van der Waals surface area contributed by atoms with Crippen molar-refractivity contribution < 1.29 is 5.11 Å². The Balaban J connectivity index is 1.79. The highest BCUT2D eigenvalue weighted by molar-refractivity contribution is 7.37. The second-order valence-corrected chi connectivity index (χ2v) is 7.08. The number of aliphatic hydroxyl groups is 1. The number of nitrogens with one attached hydrogen (secondary N) is 1. The van der Waals surface area contributed by atoms with Crippen molar-refractivity contribution >= 4 is 32.1 Å². The van der Waals surface area contributed by atoms with Crippen LogP contribution in [-0.4, -0.2) is 17.8 Å². The van der Waals surface area contributed by atoms with E-state index >= 15 is 0 Å². The summed E-state index contributed by atoms with van der Waals surface area (Å²) in [7, 11) is 0. The van der Waals surface area contributed by atoms with E-state index in [-0.39, 0.29) is 6.10 Å². The number of thiophene rings is 2. The summed E-state index contributed by atoms with van der Waals surface area (Å²) in [5.74, 6) is 0.317. The van der Waals surface area contributed by atoms with Gasteiger partial charge in [0, 0.05) is 23.4 Å². The Hall–Kier alpha value is -0.680. The standard InChI is InChI=1S/C15H21NOS2/c1-3-5-11(4-2)14(17)10-16-9-13-8-12-6-7-18-15(12)19-13/h3,6-8,11,14,16-17H,1,4-5,9-10H2,2H3. The SMILES string of the molecule is C=CCC(CC)C(O)CNCc1cc2ccsc2s1. The summed E-state index contributed by atoms with van der Waals surface area (Å²) >= 11 is 3.63. The number of allylic oxidation sites excluding steroid dienone is 1. The topological polar surface area (TPSA) is 32.3 Å². The minimum atomic E-state index is -0.288. The van der Waals surface area contributed by atoms with Crippen LogP contribution >= 0.6 is 22.7 Å². The third kappa shape index (κ3) is 3.89. The van der Waals surface area contributed by atoms with Crippen LogP contribution in [0.1, 0.15) is 24.6 Å². The van der Waals surface area contributed by atoms with Gasteiger partial charge in [0.1, 0.15) is 0 Å². The third-order valence-electron chi connectivity index (χ3n) is 3.39. The van der Waals surface area contributed by atoms with E-state index in [1.165, 1.54) is 14.3 Å². The molecule has 2 rings (SSSR count). The van der Waals surface area contributed by atoms with Crippen molar-refractivity contribution in [3.63, 3.8) is 0 Å². The summed E-state index contributed by atoms with van der Waals surface area (Å²) < 4.78 is 1.38. The molecule has 0 spiro atoms. The summed E-state index contributed by atoms with van der Waals surface area (Å²) in [6.45, 7) is 7.36. The molecule has 2 atom stereocenters. The molecule has 0 aliphatic carbocycles. The molecule has 2 nitrogen and oxygen atoms in total. The zero-order valence-corrected chi connectivity index (χ0v) is 12.9. The number of rotatable bonds is 8. The first-order valence-electron chi connectivity index (χ1n) is 6.70. The maximum atomic E-state index is 10.1. The summed E-state index contributed by atoms with van der Waals surface area (Å²) in [4.78, 5) is 1.34. The first-order chi connectivity index (χ1) is 9.24. The molecule has 0 radical (unpaired) electrons. The van der Waals surface area contributed by atoms with Crippen molar-refractivity contribution in [2.24, 2.45) is 5.92 Å². The van der Waals surface area contributed by atoms with Crippen molar-refractivity contribution in [2.45, 2.75) is 32.4 Å². The molecule has 2 aromatic rings. The lowest BCUT2D eigenvalue weighted by Crippen LogP contribution is -2.32. The number of hydrogen-bond donors (Lipinski definition) is 2. The Labute approximate surface area is 122 Å². The minimum absolute atomic E-state index is 0.288. The molecule has 0 saturated carbocycles. The molecule has 0 amide bonds. The van der Waals surface area contributed by atoms with Crippen LogP contribution in [0.15, 0.2) is 30.2 Å². The summed E-state index contributed by atoms with van der Waals surface area (Å²) in [5.41, 5.74) is 0.